The van der Waals surface area contributed by atoms with Crippen LogP contribution < -0.4 is 15.4 Å². The molecule has 0 spiro atoms. The second-order valence-electron chi connectivity index (χ2n) is 5.74. The molecule has 10 heteroatoms. The lowest BCUT2D eigenvalue weighted by atomic mass is 10.1. The predicted octanol–water partition coefficient (Wildman–Crippen LogP) is 3.60. The summed E-state index contributed by atoms with van der Waals surface area (Å²) >= 11 is 1.10. The molecular weight excluding hydrogens is 407 g/mol. The molecule has 2 aromatic carbocycles. The van der Waals surface area contributed by atoms with Crippen molar-refractivity contribution in [1.29, 1.82) is 0 Å². The molecule has 29 heavy (non-hydrogen) atoms. The van der Waals surface area contributed by atoms with Crippen LogP contribution in [-0.2, 0) is 4.79 Å². The summed E-state index contributed by atoms with van der Waals surface area (Å²) < 4.78 is 45.2. The smallest absolute Gasteiger partial charge is 0.254 e. The third-order valence-electron chi connectivity index (χ3n) is 3.77. The summed E-state index contributed by atoms with van der Waals surface area (Å²) in [5.41, 5.74) is 0.442. The number of hydrogen-bond donors (Lipinski definition) is 2. The Morgan fingerprint density at radius 1 is 1.10 bits per heavy atom. The number of nitrogens with zero attached hydrogens (tertiary/aromatic N) is 1. The number of carbonyl (C=O) groups excluding carboxylic acids is 2. The van der Waals surface area contributed by atoms with Gasteiger partial charge in [-0.2, -0.15) is 0 Å². The summed E-state index contributed by atoms with van der Waals surface area (Å²) in [5.74, 6) is -3.35. The number of carbonyl (C=O) groups is 2. The minimum absolute atomic E-state index is 0.221. The van der Waals surface area contributed by atoms with Crippen LogP contribution in [0.2, 0.25) is 0 Å². The van der Waals surface area contributed by atoms with E-state index in [-0.39, 0.29) is 10.7 Å². The fourth-order valence-corrected chi connectivity index (χ4v) is 3.15. The molecule has 0 atom stereocenters. The highest BCUT2D eigenvalue weighted by Gasteiger charge is 2.15. The molecule has 150 valence electrons. The highest BCUT2D eigenvalue weighted by molar-refractivity contribution is 7.14. The number of anilines is 1. The quantitative estimate of drug-likeness (QED) is 0.637. The van der Waals surface area contributed by atoms with Crippen LogP contribution in [0.3, 0.4) is 0 Å². The Bertz CT molecular complexity index is 1070. The predicted molar refractivity (Wildman–Crippen MR) is 101 cm³/mol. The number of benzene rings is 2. The SMILES string of the molecule is COc1ccc(F)cc1-c1csc(NC(=O)CNC(=O)c2ccc(F)cc2F)n1. The Labute approximate surface area is 167 Å². The Hall–Kier alpha value is -3.40. The second-order valence-corrected chi connectivity index (χ2v) is 6.60. The summed E-state index contributed by atoms with van der Waals surface area (Å²) in [5, 5.41) is 6.55. The first kappa shape index (κ1) is 20.3. The molecule has 0 aliphatic rings. The van der Waals surface area contributed by atoms with E-state index in [0.717, 1.165) is 23.5 Å². The van der Waals surface area contributed by atoms with Crippen molar-refractivity contribution in [2.45, 2.75) is 0 Å². The van der Waals surface area contributed by atoms with E-state index in [0.29, 0.717) is 23.1 Å². The van der Waals surface area contributed by atoms with Crippen LogP contribution in [-0.4, -0.2) is 30.5 Å². The average molecular weight is 421 g/mol. The van der Waals surface area contributed by atoms with Gasteiger partial charge in [0.1, 0.15) is 23.2 Å². The highest BCUT2D eigenvalue weighted by atomic mass is 32.1. The molecule has 0 unspecified atom stereocenters. The van der Waals surface area contributed by atoms with Gasteiger partial charge in [-0.1, -0.05) is 0 Å². The third kappa shape index (κ3) is 4.91. The van der Waals surface area contributed by atoms with Crippen LogP contribution in [0, 0.1) is 17.5 Å². The monoisotopic (exact) mass is 421 g/mol. The minimum Gasteiger partial charge on any atom is -0.496 e. The van der Waals surface area contributed by atoms with Gasteiger partial charge in [0.05, 0.1) is 24.9 Å². The van der Waals surface area contributed by atoms with Crippen molar-refractivity contribution < 1.29 is 27.5 Å². The van der Waals surface area contributed by atoms with Gasteiger partial charge in [0, 0.05) is 17.0 Å². The standard InChI is InChI=1S/C19H14F3N3O3S/c1-28-16-5-3-10(20)6-13(16)15-9-29-19(24-15)25-17(26)8-23-18(27)12-4-2-11(21)7-14(12)22/h2-7,9H,8H2,1H3,(H,23,27)(H,24,25,26). The van der Waals surface area contributed by atoms with Gasteiger partial charge in [-0.3, -0.25) is 9.59 Å². The van der Waals surface area contributed by atoms with Crippen molar-refractivity contribution >= 4 is 28.3 Å². The average Bonchev–Trinajstić information content (AvgIpc) is 3.14. The Balaban J connectivity index is 1.62. The largest absolute Gasteiger partial charge is 0.496 e. The van der Waals surface area contributed by atoms with Gasteiger partial charge in [0.15, 0.2) is 5.13 Å². The number of methoxy groups -OCH3 is 1. The first-order valence-corrected chi connectivity index (χ1v) is 9.08. The zero-order chi connectivity index (χ0) is 21.0. The van der Waals surface area contributed by atoms with E-state index in [9.17, 15) is 22.8 Å². The fourth-order valence-electron chi connectivity index (χ4n) is 2.43. The summed E-state index contributed by atoms with van der Waals surface area (Å²) in [6, 6.07) is 6.48. The maximum absolute atomic E-state index is 13.6. The van der Waals surface area contributed by atoms with Gasteiger partial charge < -0.3 is 15.4 Å². The Morgan fingerprint density at radius 3 is 2.55 bits per heavy atom. The van der Waals surface area contributed by atoms with Crippen LogP contribution in [0.15, 0.2) is 41.8 Å². The first-order chi connectivity index (χ1) is 13.9. The van der Waals surface area contributed by atoms with Gasteiger partial charge in [0.25, 0.3) is 5.91 Å². The molecule has 1 aromatic heterocycles. The van der Waals surface area contributed by atoms with E-state index >= 15 is 0 Å². The van der Waals surface area contributed by atoms with Gasteiger partial charge in [-0.05, 0) is 30.3 Å². The molecule has 0 radical (unpaired) electrons. The normalized spacial score (nSPS) is 10.5. The Kier molecular flexibility index (Phi) is 6.13. The van der Waals surface area contributed by atoms with E-state index in [1.807, 2.05) is 0 Å². The Morgan fingerprint density at radius 2 is 1.83 bits per heavy atom. The highest BCUT2D eigenvalue weighted by Crippen LogP contribution is 2.32. The zero-order valence-electron chi connectivity index (χ0n) is 15.0. The molecule has 3 rings (SSSR count). The van der Waals surface area contributed by atoms with Crippen LogP contribution in [0.4, 0.5) is 18.3 Å². The van der Waals surface area contributed by atoms with Crippen LogP contribution in [0.5, 0.6) is 5.75 Å². The van der Waals surface area contributed by atoms with Crippen molar-refractivity contribution in [3.8, 4) is 17.0 Å². The van der Waals surface area contributed by atoms with Crippen molar-refractivity contribution in [3.63, 3.8) is 0 Å². The summed E-state index contributed by atoms with van der Waals surface area (Å²) in [4.78, 5) is 28.1. The van der Waals surface area contributed by atoms with Crippen LogP contribution >= 0.6 is 11.3 Å². The molecular formula is C19H14F3N3O3S. The molecule has 6 nitrogen and oxygen atoms in total. The van der Waals surface area contributed by atoms with E-state index in [1.165, 1.54) is 25.3 Å². The number of ether oxygens (including phenoxy) is 1. The summed E-state index contributed by atoms with van der Waals surface area (Å²) in [7, 11) is 1.44. The maximum Gasteiger partial charge on any atom is 0.254 e. The number of hydrogen-bond acceptors (Lipinski definition) is 5. The van der Waals surface area contributed by atoms with Gasteiger partial charge >= 0.3 is 0 Å². The number of aromatic nitrogens is 1. The maximum atomic E-state index is 13.6. The number of thiazole rings is 1. The van der Waals surface area contributed by atoms with Gasteiger partial charge in [-0.15, -0.1) is 11.3 Å². The molecule has 0 aliphatic heterocycles. The van der Waals surface area contributed by atoms with E-state index < -0.39 is 35.8 Å². The molecule has 2 amide bonds. The molecule has 0 aliphatic carbocycles. The van der Waals surface area contributed by atoms with Crippen molar-refractivity contribution in [3.05, 3.63) is 64.8 Å². The third-order valence-corrected chi connectivity index (χ3v) is 4.53. The minimum atomic E-state index is -1.03. The lowest BCUT2D eigenvalue weighted by Crippen LogP contribution is -2.33. The van der Waals surface area contributed by atoms with Gasteiger partial charge in [0.2, 0.25) is 5.91 Å². The number of rotatable bonds is 6. The van der Waals surface area contributed by atoms with Crippen LogP contribution in [0.1, 0.15) is 10.4 Å². The zero-order valence-corrected chi connectivity index (χ0v) is 15.8. The van der Waals surface area contributed by atoms with Crippen LogP contribution in [0.25, 0.3) is 11.3 Å². The van der Waals surface area contributed by atoms with Gasteiger partial charge in [-0.25, -0.2) is 18.2 Å². The topological polar surface area (TPSA) is 80.3 Å². The summed E-state index contributed by atoms with van der Waals surface area (Å²) in [6.45, 7) is -0.451. The molecule has 3 aromatic rings. The fraction of sp³-hybridized carbons (Fsp3) is 0.105. The molecule has 1 heterocycles. The number of amides is 2. The number of nitrogens with one attached hydrogen (secondary N) is 2. The second kappa shape index (κ2) is 8.74. The molecule has 0 bridgehead atoms. The number of halogens is 3. The lowest BCUT2D eigenvalue weighted by molar-refractivity contribution is -0.115. The van der Waals surface area contributed by atoms with Crippen molar-refractivity contribution in [2.75, 3.05) is 19.0 Å². The lowest BCUT2D eigenvalue weighted by Gasteiger charge is -2.07. The van der Waals surface area contributed by atoms with Crippen molar-refractivity contribution in [1.82, 2.24) is 10.3 Å². The molecule has 0 saturated heterocycles. The molecule has 0 saturated carbocycles. The molecule has 2 N–H and O–H groups in total. The van der Waals surface area contributed by atoms with Crippen molar-refractivity contribution in [2.24, 2.45) is 0 Å². The summed E-state index contributed by atoms with van der Waals surface area (Å²) in [6.07, 6.45) is 0. The molecule has 0 fully saturated rings. The first-order valence-electron chi connectivity index (χ1n) is 8.20. The van der Waals surface area contributed by atoms with E-state index in [4.69, 9.17) is 4.74 Å². The van der Waals surface area contributed by atoms with E-state index in [1.54, 1.807) is 5.38 Å². The van der Waals surface area contributed by atoms with E-state index in [2.05, 4.69) is 15.6 Å².